The molecular formula is C3H13N4+. The van der Waals surface area contributed by atoms with Gasteiger partial charge in [0, 0.05) is 0 Å². The Hall–Kier alpha value is -0.160. The van der Waals surface area contributed by atoms with Crippen molar-refractivity contribution in [3.63, 3.8) is 0 Å². The highest BCUT2D eigenvalue weighted by Crippen LogP contribution is 1.77. The molecule has 0 atom stereocenters. The number of rotatable bonds is 2. The number of nitrogens with two attached hydrogens (primary N) is 3. The lowest BCUT2D eigenvalue weighted by Crippen LogP contribution is -2.57. The van der Waals surface area contributed by atoms with Crippen LogP contribution in [-0.4, -0.2) is 25.0 Å². The standard InChI is InChI=1S/C3H13N4/c1-7(6,2-4)3-5/h2-6H2,1H3/q+1. The molecule has 0 amide bonds. The first kappa shape index (κ1) is 6.84. The quantitative estimate of drug-likeness (QED) is 0.167. The fraction of sp³-hybridized carbons (Fsp3) is 1.00. The van der Waals surface area contributed by atoms with E-state index in [0.717, 1.165) is 0 Å². The lowest BCUT2D eigenvalue weighted by Gasteiger charge is -2.22. The summed E-state index contributed by atoms with van der Waals surface area (Å²) in [7, 11) is 1.76. The highest BCUT2D eigenvalue weighted by molar-refractivity contribution is 4.09. The zero-order valence-electron chi connectivity index (χ0n) is 4.59. The molecule has 0 aliphatic carbocycles. The Morgan fingerprint density at radius 2 is 1.57 bits per heavy atom. The van der Waals surface area contributed by atoms with E-state index < -0.39 is 0 Å². The van der Waals surface area contributed by atoms with Crippen LogP contribution in [0.3, 0.4) is 0 Å². The minimum absolute atomic E-state index is 0.194. The van der Waals surface area contributed by atoms with E-state index in [0.29, 0.717) is 13.3 Å². The van der Waals surface area contributed by atoms with Crippen LogP contribution >= 0.6 is 0 Å². The Kier molecular flexibility index (Phi) is 2.17. The summed E-state index contributed by atoms with van der Waals surface area (Å²) in [5, 5.41) is 0. The van der Waals surface area contributed by atoms with E-state index in [9.17, 15) is 0 Å². The summed E-state index contributed by atoms with van der Waals surface area (Å²) >= 11 is 0. The Balaban J connectivity index is 3.36. The second-order valence-corrected chi connectivity index (χ2v) is 1.84. The Labute approximate surface area is 43.4 Å². The topological polar surface area (TPSA) is 78.1 Å². The first-order chi connectivity index (χ1) is 3.12. The molecule has 0 aliphatic heterocycles. The van der Waals surface area contributed by atoms with Crippen molar-refractivity contribution in [2.75, 3.05) is 20.4 Å². The maximum absolute atomic E-state index is 5.40. The number of quaternary nitrogens is 1. The predicted molar refractivity (Wildman–Crippen MR) is 28.5 cm³/mol. The lowest BCUT2D eigenvalue weighted by molar-refractivity contribution is -0.920. The number of nitrogens with zero attached hydrogens (tertiary/aromatic N) is 1. The van der Waals surface area contributed by atoms with Gasteiger partial charge >= 0.3 is 0 Å². The highest BCUT2D eigenvalue weighted by atomic mass is 15.6. The van der Waals surface area contributed by atoms with Gasteiger partial charge in [-0.2, -0.15) is 5.84 Å². The van der Waals surface area contributed by atoms with Crippen molar-refractivity contribution in [3.05, 3.63) is 0 Å². The van der Waals surface area contributed by atoms with E-state index in [-0.39, 0.29) is 4.59 Å². The molecule has 0 fully saturated rings. The Bertz CT molecular complexity index is 44.9. The average Bonchev–Trinajstić information content (AvgIpc) is 1.68. The summed E-state index contributed by atoms with van der Waals surface area (Å²) in [4.78, 5) is 0. The third-order valence-corrected chi connectivity index (χ3v) is 0.834. The summed E-state index contributed by atoms with van der Waals surface area (Å²) in [6, 6.07) is 0. The Morgan fingerprint density at radius 3 is 1.57 bits per heavy atom. The summed E-state index contributed by atoms with van der Waals surface area (Å²) in [6.07, 6.45) is 0. The van der Waals surface area contributed by atoms with Gasteiger partial charge < -0.3 is 0 Å². The number of hydrogen-bond donors (Lipinski definition) is 3. The molecule has 0 aromatic rings. The lowest BCUT2D eigenvalue weighted by atomic mass is 10.8. The maximum Gasteiger partial charge on any atom is 0.148 e. The van der Waals surface area contributed by atoms with Crippen molar-refractivity contribution in [1.82, 2.24) is 0 Å². The molecule has 0 spiro atoms. The summed E-state index contributed by atoms with van der Waals surface area (Å²) < 4.78 is 0.194. The minimum Gasteiger partial charge on any atom is -0.283 e. The molecule has 0 aromatic carbocycles. The van der Waals surface area contributed by atoms with Crippen molar-refractivity contribution in [3.8, 4) is 0 Å². The molecule has 44 valence electrons. The van der Waals surface area contributed by atoms with Crippen LogP contribution in [-0.2, 0) is 0 Å². The molecule has 4 nitrogen and oxygen atoms in total. The van der Waals surface area contributed by atoms with Crippen LogP contribution in [0, 0.1) is 0 Å². The van der Waals surface area contributed by atoms with E-state index in [4.69, 9.17) is 17.3 Å². The van der Waals surface area contributed by atoms with Crippen molar-refractivity contribution in [2.45, 2.75) is 0 Å². The molecule has 0 saturated carbocycles. The van der Waals surface area contributed by atoms with Gasteiger partial charge in [-0.1, -0.05) is 0 Å². The molecule has 0 radical (unpaired) electrons. The summed E-state index contributed by atoms with van der Waals surface area (Å²) in [5.74, 6) is 5.40. The monoisotopic (exact) mass is 105 g/mol. The second-order valence-electron chi connectivity index (χ2n) is 1.84. The highest BCUT2D eigenvalue weighted by Gasteiger charge is 2.07. The largest absolute Gasteiger partial charge is 0.283 e. The van der Waals surface area contributed by atoms with Crippen molar-refractivity contribution in [1.29, 1.82) is 0 Å². The van der Waals surface area contributed by atoms with Gasteiger partial charge in [0.25, 0.3) is 0 Å². The molecule has 0 rings (SSSR count). The third-order valence-electron chi connectivity index (χ3n) is 0.834. The van der Waals surface area contributed by atoms with Gasteiger partial charge in [0.15, 0.2) is 0 Å². The SMILES string of the molecule is C[N+](N)(CN)CN. The molecule has 7 heavy (non-hydrogen) atoms. The molecular weight excluding hydrogens is 92.1 g/mol. The molecule has 0 aromatic heterocycles. The Morgan fingerprint density at radius 1 is 1.29 bits per heavy atom. The van der Waals surface area contributed by atoms with Crippen LogP contribution < -0.4 is 17.3 Å². The molecule has 6 N–H and O–H groups in total. The smallest absolute Gasteiger partial charge is 0.148 e. The molecule has 0 aliphatic rings. The zero-order valence-corrected chi connectivity index (χ0v) is 4.59. The van der Waals surface area contributed by atoms with Gasteiger partial charge in [0.05, 0.1) is 7.05 Å². The van der Waals surface area contributed by atoms with Crippen molar-refractivity contribution < 1.29 is 4.59 Å². The number of hydrogen-bond acceptors (Lipinski definition) is 3. The molecule has 4 heteroatoms. The first-order valence-electron chi connectivity index (χ1n) is 2.15. The van der Waals surface area contributed by atoms with Gasteiger partial charge in [0.2, 0.25) is 0 Å². The fourth-order valence-corrected chi connectivity index (χ4v) is 0.0745. The average molecular weight is 105 g/mol. The summed E-state index contributed by atoms with van der Waals surface area (Å²) in [6.45, 7) is 0.771. The van der Waals surface area contributed by atoms with E-state index in [1.165, 1.54) is 0 Å². The normalized spacial score (nSPS) is 12.0. The molecule has 0 heterocycles. The second kappa shape index (κ2) is 2.23. The van der Waals surface area contributed by atoms with Crippen molar-refractivity contribution >= 4 is 0 Å². The molecule has 0 saturated heterocycles. The zero-order chi connectivity index (χ0) is 5.91. The first-order valence-corrected chi connectivity index (χ1v) is 2.15. The van der Waals surface area contributed by atoms with E-state index in [1.807, 2.05) is 0 Å². The van der Waals surface area contributed by atoms with Crippen LogP contribution in [0.2, 0.25) is 0 Å². The molecule has 0 bridgehead atoms. The van der Waals surface area contributed by atoms with Gasteiger partial charge in [-0.15, -0.1) is 0 Å². The van der Waals surface area contributed by atoms with E-state index in [1.54, 1.807) is 7.05 Å². The van der Waals surface area contributed by atoms with Crippen LogP contribution in [0.15, 0.2) is 0 Å². The van der Waals surface area contributed by atoms with Crippen LogP contribution in [0.1, 0.15) is 0 Å². The van der Waals surface area contributed by atoms with E-state index >= 15 is 0 Å². The van der Waals surface area contributed by atoms with Gasteiger partial charge in [-0.05, 0) is 0 Å². The van der Waals surface area contributed by atoms with E-state index in [2.05, 4.69) is 0 Å². The predicted octanol–water partition coefficient (Wildman–Crippen LogP) is -1.86. The van der Waals surface area contributed by atoms with Crippen LogP contribution in [0.4, 0.5) is 0 Å². The minimum atomic E-state index is 0.194. The van der Waals surface area contributed by atoms with Gasteiger partial charge in [0.1, 0.15) is 13.3 Å². The van der Waals surface area contributed by atoms with Gasteiger partial charge in [-0.3, -0.25) is 11.5 Å². The summed E-state index contributed by atoms with van der Waals surface area (Å²) in [5.41, 5.74) is 10.4. The van der Waals surface area contributed by atoms with Crippen molar-refractivity contribution in [2.24, 2.45) is 17.3 Å². The van der Waals surface area contributed by atoms with Gasteiger partial charge in [-0.25, -0.2) is 4.59 Å². The fourth-order valence-electron chi connectivity index (χ4n) is 0.0745. The van der Waals surface area contributed by atoms with Crippen LogP contribution in [0.25, 0.3) is 0 Å². The van der Waals surface area contributed by atoms with Crippen LogP contribution in [0.5, 0.6) is 0 Å². The molecule has 0 unspecified atom stereocenters. The third kappa shape index (κ3) is 2.52. The maximum atomic E-state index is 5.40.